The molecule has 2 heterocycles. The SMILES string of the molecule is Clc1cnc(NNc2ncc(Cl)cc2Cl)c(Cl)c1. The van der Waals surface area contributed by atoms with Gasteiger partial charge in [0.15, 0.2) is 11.6 Å². The minimum atomic E-state index is 0.375. The molecule has 0 aromatic carbocycles. The number of anilines is 2. The van der Waals surface area contributed by atoms with E-state index < -0.39 is 0 Å². The van der Waals surface area contributed by atoms with Crippen LogP contribution in [0.25, 0.3) is 0 Å². The number of halogens is 4. The summed E-state index contributed by atoms with van der Waals surface area (Å²) in [6.45, 7) is 0. The molecule has 8 heteroatoms. The van der Waals surface area contributed by atoms with E-state index in [0.29, 0.717) is 31.7 Å². The molecule has 0 aliphatic carbocycles. The number of nitrogens with zero attached hydrogens (tertiary/aromatic N) is 2. The Morgan fingerprint density at radius 2 is 1.11 bits per heavy atom. The van der Waals surface area contributed by atoms with Gasteiger partial charge in [0.25, 0.3) is 0 Å². The number of nitrogens with one attached hydrogen (secondary N) is 2. The van der Waals surface area contributed by atoms with E-state index in [1.54, 1.807) is 12.1 Å². The maximum atomic E-state index is 5.94. The summed E-state index contributed by atoms with van der Waals surface area (Å²) in [5, 5.41) is 1.65. The van der Waals surface area contributed by atoms with Gasteiger partial charge >= 0.3 is 0 Å². The summed E-state index contributed by atoms with van der Waals surface area (Å²) in [5.74, 6) is 0.822. The quantitative estimate of drug-likeness (QED) is 0.815. The van der Waals surface area contributed by atoms with Crippen LogP contribution < -0.4 is 10.9 Å². The van der Waals surface area contributed by atoms with E-state index in [0.717, 1.165) is 0 Å². The lowest BCUT2D eigenvalue weighted by atomic mass is 10.4. The minimum Gasteiger partial charge on any atom is -0.282 e. The van der Waals surface area contributed by atoms with Crippen molar-refractivity contribution >= 4 is 58.0 Å². The average Bonchev–Trinajstić information content (AvgIpc) is 2.30. The molecule has 0 saturated heterocycles. The van der Waals surface area contributed by atoms with Crippen LogP contribution in [0.2, 0.25) is 20.1 Å². The van der Waals surface area contributed by atoms with Gasteiger partial charge < -0.3 is 0 Å². The standard InChI is InChI=1S/C10H6Cl4N4/c11-5-1-7(13)9(15-3-5)17-18-10-8(14)2-6(12)4-16-10/h1-4H,(H,15,17)(H,16,18). The molecule has 18 heavy (non-hydrogen) atoms. The molecule has 0 unspecified atom stereocenters. The van der Waals surface area contributed by atoms with E-state index in [1.165, 1.54) is 12.4 Å². The van der Waals surface area contributed by atoms with E-state index in [9.17, 15) is 0 Å². The Morgan fingerprint density at radius 3 is 1.44 bits per heavy atom. The monoisotopic (exact) mass is 322 g/mol. The topological polar surface area (TPSA) is 49.8 Å². The first-order valence-corrected chi connectivity index (χ1v) is 6.21. The van der Waals surface area contributed by atoms with Crippen molar-refractivity contribution < 1.29 is 0 Å². The van der Waals surface area contributed by atoms with Gasteiger partial charge in [0, 0.05) is 12.4 Å². The van der Waals surface area contributed by atoms with E-state index in [-0.39, 0.29) is 0 Å². The molecule has 4 nitrogen and oxygen atoms in total. The van der Waals surface area contributed by atoms with Crippen LogP contribution in [0, 0.1) is 0 Å². The summed E-state index contributed by atoms with van der Waals surface area (Å²) in [7, 11) is 0. The van der Waals surface area contributed by atoms with Crippen molar-refractivity contribution in [3.8, 4) is 0 Å². The van der Waals surface area contributed by atoms with Crippen LogP contribution in [0.1, 0.15) is 0 Å². The van der Waals surface area contributed by atoms with Gasteiger partial charge in [-0.25, -0.2) is 9.97 Å². The lowest BCUT2D eigenvalue weighted by Gasteiger charge is -2.10. The highest BCUT2D eigenvalue weighted by molar-refractivity contribution is 6.36. The molecule has 0 aliphatic rings. The van der Waals surface area contributed by atoms with Gasteiger partial charge in [-0.1, -0.05) is 46.4 Å². The zero-order valence-corrected chi connectivity index (χ0v) is 11.7. The van der Waals surface area contributed by atoms with Gasteiger partial charge in [0.05, 0.1) is 20.1 Å². The van der Waals surface area contributed by atoms with E-state index in [4.69, 9.17) is 46.4 Å². The van der Waals surface area contributed by atoms with Crippen molar-refractivity contribution in [2.24, 2.45) is 0 Å². The normalized spacial score (nSPS) is 10.2. The highest BCUT2D eigenvalue weighted by atomic mass is 35.5. The first kappa shape index (κ1) is 13.5. The number of rotatable bonds is 3. The van der Waals surface area contributed by atoms with Crippen molar-refractivity contribution in [2.45, 2.75) is 0 Å². The van der Waals surface area contributed by atoms with Gasteiger partial charge in [0.2, 0.25) is 0 Å². The van der Waals surface area contributed by atoms with Crippen LogP contribution in [0.4, 0.5) is 11.6 Å². The van der Waals surface area contributed by atoms with Crippen LogP contribution in [0.5, 0.6) is 0 Å². The van der Waals surface area contributed by atoms with Gasteiger partial charge in [-0.3, -0.25) is 10.9 Å². The average molecular weight is 324 g/mol. The van der Waals surface area contributed by atoms with Gasteiger partial charge in [-0.05, 0) is 12.1 Å². The lowest BCUT2D eigenvalue weighted by molar-refractivity contribution is 1.22. The van der Waals surface area contributed by atoms with Gasteiger partial charge in [-0.15, -0.1) is 0 Å². The molecule has 0 spiro atoms. The van der Waals surface area contributed by atoms with Crippen LogP contribution in [0.3, 0.4) is 0 Å². The lowest BCUT2D eigenvalue weighted by Crippen LogP contribution is -2.11. The zero-order valence-electron chi connectivity index (χ0n) is 8.72. The first-order valence-electron chi connectivity index (χ1n) is 4.70. The van der Waals surface area contributed by atoms with Crippen LogP contribution in [-0.2, 0) is 0 Å². The molecule has 0 fully saturated rings. The number of hydrogen-bond acceptors (Lipinski definition) is 4. The van der Waals surface area contributed by atoms with Crippen molar-refractivity contribution in [1.82, 2.24) is 9.97 Å². The minimum absolute atomic E-state index is 0.375. The summed E-state index contributed by atoms with van der Waals surface area (Å²) in [4.78, 5) is 8.01. The summed E-state index contributed by atoms with van der Waals surface area (Å²) in [5.41, 5.74) is 5.55. The molecule has 0 atom stereocenters. The zero-order chi connectivity index (χ0) is 13.1. The Bertz CT molecular complexity index is 524. The third-order valence-corrected chi connectivity index (χ3v) is 2.90. The van der Waals surface area contributed by atoms with E-state index >= 15 is 0 Å². The molecule has 0 bridgehead atoms. The number of hydrogen-bond donors (Lipinski definition) is 2. The Labute approximate surface area is 123 Å². The fraction of sp³-hybridized carbons (Fsp3) is 0. The molecular weight excluding hydrogens is 318 g/mol. The molecule has 94 valence electrons. The molecule has 2 N–H and O–H groups in total. The summed E-state index contributed by atoms with van der Waals surface area (Å²) in [6.07, 6.45) is 2.93. The third-order valence-electron chi connectivity index (χ3n) is 1.91. The third kappa shape index (κ3) is 3.29. The van der Waals surface area contributed by atoms with Crippen LogP contribution in [0.15, 0.2) is 24.5 Å². The Kier molecular flexibility index (Phi) is 4.35. The number of hydrazine groups is 1. The maximum Gasteiger partial charge on any atom is 0.163 e. The predicted octanol–water partition coefficient (Wildman–Crippen LogP) is 4.53. The molecule has 0 radical (unpaired) electrons. The molecule has 0 amide bonds. The highest BCUT2D eigenvalue weighted by Gasteiger charge is 2.05. The van der Waals surface area contributed by atoms with Gasteiger partial charge in [-0.2, -0.15) is 0 Å². The van der Waals surface area contributed by atoms with Crippen molar-refractivity contribution in [1.29, 1.82) is 0 Å². The van der Waals surface area contributed by atoms with Crippen LogP contribution in [-0.4, -0.2) is 9.97 Å². The predicted molar refractivity (Wildman–Crippen MR) is 75.8 cm³/mol. The first-order chi connectivity index (χ1) is 8.56. The second-order valence-electron chi connectivity index (χ2n) is 3.22. The largest absolute Gasteiger partial charge is 0.282 e. The van der Waals surface area contributed by atoms with Crippen molar-refractivity contribution in [2.75, 3.05) is 10.9 Å². The summed E-state index contributed by atoms with van der Waals surface area (Å²) < 4.78 is 0. The van der Waals surface area contributed by atoms with E-state index in [2.05, 4.69) is 20.8 Å². The van der Waals surface area contributed by atoms with Crippen molar-refractivity contribution in [3.63, 3.8) is 0 Å². The molecular formula is C10H6Cl4N4. The Hall–Kier alpha value is -0.940. The smallest absolute Gasteiger partial charge is 0.163 e. The second-order valence-corrected chi connectivity index (χ2v) is 4.91. The molecule has 2 aromatic rings. The second kappa shape index (κ2) is 5.80. The number of pyridine rings is 2. The summed E-state index contributed by atoms with van der Waals surface area (Å²) >= 11 is 23.3. The fourth-order valence-corrected chi connectivity index (χ4v) is 1.99. The summed E-state index contributed by atoms with van der Waals surface area (Å²) in [6, 6.07) is 3.13. The van der Waals surface area contributed by atoms with Gasteiger partial charge in [0.1, 0.15) is 0 Å². The van der Waals surface area contributed by atoms with E-state index in [1.807, 2.05) is 0 Å². The molecule has 0 aliphatic heterocycles. The number of aromatic nitrogens is 2. The molecule has 2 rings (SSSR count). The Morgan fingerprint density at radius 1 is 0.722 bits per heavy atom. The highest BCUT2D eigenvalue weighted by Crippen LogP contribution is 2.25. The molecule has 2 aromatic heterocycles. The van der Waals surface area contributed by atoms with Crippen LogP contribution >= 0.6 is 46.4 Å². The maximum absolute atomic E-state index is 5.94. The fourth-order valence-electron chi connectivity index (χ4n) is 1.13. The molecule has 0 saturated carbocycles. The Balaban J connectivity index is 2.11. The van der Waals surface area contributed by atoms with Crippen molar-refractivity contribution in [3.05, 3.63) is 44.6 Å².